The number of fused-ring (bicyclic) bond motifs is 6. The van der Waals surface area contributed by atoms with Crippen LogP contribution in [0.25, 0.3) is 22.5 Å². The van der Waals surface area contributed by atoms with Crippen molar-refractivity contribution in [1.82, 2.24) is 24.6 Å². The predicted octanol–water partition coefficient (Wildman–Crippen LogP) is 23.2. The summed E-state index contributed by atoms with van der Waals surface area (Å²) in [5, 5.41) is 5.07. The van der Waals surface area contributed by atoms with Crippen LogP contribution in [0.1, 0.15) is 153 Å². The highest BCUT2D eigenvalue weighted by Crippen LogP contribution is 2.65. The van der Waals surface area contributed by atoms with Crippen LogP contribution in [0.5, 0.6) is 0 Å². The Morgan fingerprint density at radius 3 is 1.25 bits per heavy atom. The molecule has 20 rings (SSSR count). The molecule has 14 heteroatoms. The van der Waals surface area contributed by atoms with Crippen molar-refractivity contribution in [2.24, 2.45) is 146 Å². The van der Waals surface area contributed by atoms with Crippen LogP contribution in [-0.4, -0.2) is 110 Å². The molecule has 0 bridgehead atoms. The quantitative estimate of drug-likeness (QED) is 0.132. The first kappa shape index (κ1) is 82.9. The van der Waals surface area contributed by atoms with Crippen molar-refractivity contribution in [3.8, 4) is 22.5 Å². The van der Waals surface area contributed by atoms with Gasteiger partial charge in [-0.1, -0.05) is 178 Å². The number of rotatable bonds is 10. The van der Waals surface area contributed by atoms with E-state index in [2.05, 4.69) is 244 Å². The number of furan rings is 1. The summed E-state index contributed by atoms with van der Waals surface area (Å²) in [4.78, 5) is 23.5. The zero-order chi connectivity index (χ0) is 82.1. The molecule has 13 atom stereocenters. The number of alkyl halides is 1. The van der Waals surface area contributed by atoms with Crippen molar-refractivity contribution in [2.75, 3.05) is 110 Å². The Bertz CT molecular complexity index is 4470. The number of piperidine rings is 6. The van der Waals surface area contributed by atoms with E-state index in [1.54, 1.807) is 18.4 Å². The average Bonchev–Trinajstić information content (AvgIpc) is 1.59. The first-order valence-corrected chi connectivity index (χ1v) is 44.2. The van der Waals surface area contributed by atoms with Crippen LogP contribution >= 0.6 is 11.6 Å². The van der Waals surface area contributed by atoms with Crippen LogP contribution in [0.4, 0.5) is 37.3 Å². The van der Waals surface area contributed by atoms with Crippen LogP contribution in [0.15, 0.2) is 163 Å². The van der Waals surface area contributed by atoms with E-state index >= 15 is 0 Å². The normalized spacial score (nSPS) is 29.8. The highest BCUT2D eigenvalue weighted by molar-refractivity contribution is 6.31. The lowest BCUT2D eigenvalue weighted by atomic mass is 9.87. The number of aromatic nitrogens is 4. The Labute approximate surface area is 695 Å². The van der Waals surface area contributed by atoms with Gasteiger partial charge in [-0.2, -0.15) is 5.10 Å². The van der Waals surface area contributed by atoms with Crippen LogP contribution in [0, 0.1) is 166 Å². The first-order valence-electron chi connectivity index (χ1n) is 43.8. The molecule has 6 saturated heterocycles. The zero-order valence-corrected chi connectivity index (χ0v) is 74.4. The Balaban J connectivity index is 0.000000109. The van der Waals surface area contributed by atoms with E-state index in [0.717, 1.165) is 183 Å². The lowest BCUT2D eigenvalue weighted by Gasteiger charge is -2.27. The van der Waals surface area contributed by atoms with Gasteiger partial charge in [0, 0.05) is 155 Å². The fourth-order valence-electron chi connectivity index (χ4n) is 24.1. The number of anilines is 5. The minimum absolute atomic E-state index is 0.129. The van der Waals surface area contributed by atoms with E-state index in [1.165, 1.54) is 86.6 Å². The Kier molecular flexibility index (Phi) is 22.7. The number of likely N-dealkylation sites (tertiary alicyclic amines) is 1. The van der Waals surface area contributed by atoms with Gasteiger partial charge in [-0.3, -0.25) is 14.6 Å². The third-order valence-corrected chi connectivity index (χ3v) is 29.3. The Hall–Kier alpha value is -7.22. The number of benzene rings is 4. The highest BCUT2D eigenvalue weighted by Gasteiger charge is 2.64. The number of halogens is 3. The number of aryl methyl sites for hydroxylation is 4. The Morgan fingerprint density at radius 2 is 0.843 bits per heavy atom. The van der Waals surface area contributed by atoms with E-state index < -0.39 is 6.17 Å². The molecule has 12 fully saturated rings. The number of pyridine rings is 2. The summed E-state index contributed by atoms with van der Waals surface area (Å²) < 4.78 is 34.8. The standard InChI is InChI=1S/C19H24ClN3.C19H23NO.C18H26FN.C15H20FN.2C15H22N2/c1-19(2,3)18-16-10-23(11-17(16)18)15-6-12(5-14(20)7-15)13-8-21-22(4)9-13;1-19(2,3)18-15-11-20(12-16(15)18)14-8-6-13(7-9-14)17-5-4-10-21-17;1-12-5-7-13(8-6-12)16(19)11-20-9-14-15(10-20)17(14)18(2,3)4;1-15(2,3)14-12-8-17(9-13(12)14)11-6-4-5-10(16)7-11;1-10-7-11(5-6-16-10)17-8-12-13(9-17)14(12)15(2,3)4;1-10-5-6-13(16-7-10)17-8-11-12(9-17)14(11)15(2,3)4/h5-9,16-18H,10-11H2,1-4H3;4-10,15-16,18H,11-12H2,1-3H3;5-8,14-17H,9-11H2,1-4H3;4-7,12-14H,8-9H2,1-3H3;5-7,12-14H,8-9H2,1-4H3;5-7,11-12,14H,8-9H2,1-4H3. The molecule has 115 heavy (non-hydrogen) atoms. The SMILES string of the molecule is CC(C)(C)C1C2CN(c3ccc(-c4ccco4)cc3)CC21.CC(C)(C)C1C2CN(c3cccc(F)c3)CC21.Cc1cc(N2CC3C(C2)C3C(C)(C)C)ccn1.Cc1ccc(C(F)CN2CC3C(C2)C3C(C)(C)C)cc1.Cc1ccc(N2CC3C(C2)C3C(C)(C)C)nc1.Cn1cc(-c2cc(Cl)cc(N3CC4C(C3)C4C(C)(C)C)c2)cn1. The van der Waals surface area contributed by atoms with Crippen molar-refractivity contribution in [2.45, 2.75) is 152 Å². The molecule has 0 N–H and O–H groups in total. The zero-order valence-electron chi connectivity index (χ0n) is 73.7. The number of hydrogen-bond acceptors (Lipinski definition) is 10. The van der Waals surface area contributed by atoms with E-state index in [1.807, 2.05) is 92.0 Å². The highest BCUT2D eigenvalue weighted by atomic mass is 35.5. The second-order valence-corrected chi connectivity index (χ2v) is 44.3. The van der Waals surface area contributed by atoms with Crippen molar-refractivity contribution in [3.05, 3.63) is 192 Å². The number of hydrogen-bond donors (Lipinski definition) is 0. The maximum atomic E-state index is 14.4. The van der Waals surface area contributed by atoms with Crippen molar-refractivity contribution in [1.29, 1.82) is 0 Å². The van der Waals surface area contributed by atoms with E-state index in [9.17, 15) is 8.78 Å². The minimum atomic E-state index is -0.846. The lowest BCUT2D eigenvalue weighted by molar-refractivity contribution is 0.178. The average molecular weight is 1580 g/mol. The fraction of sp³-hybridized carbons (Fsp3) is 0.594. The molecule has 0 spiro atoms. The lowest BCUT2D eigenvalue weighted by Crippen LogP contribution is -2.30. The molecule has 12 aliphatic rings. The summed E-state index contributed by atoms with van der Waals surface area (Å²) in [6, 6.07) is 42.6. The van der Waals surface area contributed by atoms with Gasteiger partial charge in [0.1, 0.15) is 23.6 Å². The van der Waals surface area contributed by atoms with Crippen LogP contribution < -0.4 is 24.5 Å². The van der Waals surface area contributed by atoms with Gasteiger partial charge in [0.2, 0.25) is 0 Å². The summed E-state index contributed by atoms with van der Waals surface area (Å²) in [6.07, 6.45) is 8.71. The second-order valence-electron chi connectivity index (χ2n) is 43.9. The second kappa shape index (κ2) is 31.5. The molecule has 4 aromatic heterocycles. The molecule has 4 aromatic carbocycles. The maximum absolute atomic E-state index is 14.4. The molecule has 6 saturated carbocycles. The topological polar surface area (TPSA) is 76.2 Å². The van der Waals surface area contributed by atoms with Crippen LogP contribution in [0.3, 0.4) is 0 Å². The maximum Gasteiger partial charge on any atom is 0.138 e. The summed E-state index contributed by atoms with van der Waals surface area (Å²) in [6.45, 7) is 63.5. The van der Waals surface area contributed by atoms with Gasteiger partial charge in [-0.05, 0) is 267 Å². The largest absolute Gasteiger partial charge is 0.464 e. The van der Waals surface area contributed by atoms with Gasteiger partial charge in [-0.25, -0.2) is 13.8 Å². The molecule has 0 radical (unpaired) electrons. The molecule has 6 aliphatic carbocycles. The molecular formula is C101H137ClF2N10O. The van der Waals surface area contributed by atoms with Crippen LogP contribution in [0.2, 0.25) is 5.02 Å². The monoisotopic (exact) mass is 1580 g/mol. The van der Waals surface area contributed by atoms with E-state index in [-0.39, 0.29) is 5.82 Å². The molecular weight excluding hydrogens is 1440 g/mol. The van der Waals surface area contributed by atoms with Gasteiger partial charge in [0.05, 0.1) is 12.5 Å². The van der Waals surface area contributed by atoms with E-state index in [0.29, 0.717) is 39.0 Å². The van der Waals surface area contributed by atoms with Crippen molar-refractivity contribution < 1.29 is 13.2 Å². The van der Waals surface area contributed by atoms with Gasteiger partial charge < -0.3 is 28.9 Å². The Morgan fingerprint density at radius 1 is 0.409 bits per heavy atom. The number of nitrogens with zero attached hydrogens (tertiary/aromatic N) is 10. The molecule has 618 valence electrons. The van der Waals surface area contributed by atoms with Gasteiger partial charge in [0.25, 0.3) is 0 Å². The molecule has 11 nitrogen and oxygen atoms in total. The summed E-state index contributed by atoms with van der Waals surface area (Å²) >= 11 is 6.38. The van der Waals surface area contributed by atoms with Crippen LogP contribution in [-0.2, 0) is 7.05 Å². The predicted molar refractivity (Wildman–Crippen MR) is 474 cm³/mol. The third kappa shape index (κ3) is 18.6. The van der Waals surface area contributed by atoms with Crippen molar-refractivity contribution >= 4 is 40.2 Å². The van der Waals surface area contributed by atoms with Crippen molar-refractivity contribution in [3.63, 3.8) is 0 Å². The summed E-state index contributed by atoms with van der Waals surface area (Å²) in [5.74, 6) is 17.9. The van der Waals surface area contributed by atoms with E-state index in [4.69, 9.17) is 16.0 Å². The van der Waals surface area contributed by atoms with Gasteiger partial charge in [-0.15, -0.1) is 0 Å². The third-order valence-electron chi connectivity index (χ3n) is 29.1. The summed E-state index contributed by atoms with van der Waals surface area (Å²) in [7, 11) is 1.94. The molecule has 10 heterocycles. The molecule has 6 aliphatic heterocycles. The molecule has 8 aromatic rings. The summed E-state index contributed by atoms with van der Waals surface area (Å²) in [5.41, 5.74) is 15.6. The molecule has 13 unspecified atom stereocenters. The smallest absolute Gasteiger partial charge is 0.138 e. The minimum Gasteiger partial charge on any atom is -0.464 e. The molecule has 0 amide bonds. The fourth-order valence-corrected chi connectivity index (χ4v) is 24.3. The first-order chi connectivity index (χ1) is 54.1. The van der Waals surface area contributed by atoms with Gasteiger partial charge in [0.15, 0.2) is 0 Å². The van der Waals surface area contributed by atoms with Gasteiger partial charge >= 0.3 is 0 Å².